The Morgan fingerprint density at radius 1 is 1.06 bits per heavy atom. The third kappa shape index (κ3) is 2.92. The maximum atomic E-state index is 13.2. The monoisotopic (exact) mass is 280 g/mol. The van der Waals surface area contributed by atoms with Gasteiger partial charge in [0.25, 0.3) is 0 Å². The van der Waals surface area contributed by atoms with Crippen LogP contribution in [-0.2, 0) is 0 Å². The third-order valence-corrected chi connectivity index (χ3v) is 2.70. The van der Waals surface area contributed by atoms with E-state index in [2.05, 4.69) is 5.32 Å². The molecule has 0 saturated carbocycles. The van der Waals surface area contributed by atoms with Gasteiger partial charge in [-0.15, -0.1) is 0 Å². The van der Waals surface area contributed by atoms with E-state index >= 15 is 0 Å². The highest BCUT2D eigenvalue weighted by atomic mass is 35.5. The molecular weight excluding hydrogens is 274 g/mol. The van der Waals surface area contributed by atoms with Gasteiger partial charge in [0.15, 0.2) is 0 Å². The fourth-order valence-corrected chi connectivity index (χ4v) is 1.89. The standard InChI is InChI=1S/C13H7Cl2FN2/c14-9-1-2-13(8(3-9)7-17)18-12-5-10(15)4-11(16)6-12/h1-6,18H. The first-order chi connectivity index (χ1) is 8.58. The Balaban J connectivity index is 2.37. The smallest absolute Gasteiger partial charge is 0.126 e. The average Bonchev–Trinajstić information content (AvgIpc) is 2.30. The lowest BCUT2D eigenvalue weighted by Gasteiger charge is -2.09. The van der Waals surface area contributed by atoms with Gasteiger partial charge in [-0.3, -0.25) is 0 Å². The highest BCUT2D eigenvalue weighted by Crippen LogP contribution is 2.26. The summed E-state index contributed by atoms with van der Waals surface area (Å²) >= 11 is 11.5. The van der Waals surface area contributed by atoms with E-state index in [4.69, 9.17) is 28.5 Å². The van der Waals surface area contributed by atoms with Crippen LogP contribution in [0.15, 0.2) is 36.4 Å². The first kappa shape index (κ1) is 12.7. The molecule has 0 unspecified atom stereocenters. The van der Waals surface area contributed by atoms with Gasteiger partial charge in [-0.25, -0.2) is 4.39 Å². The molecular formula is C13H7Cl2FN2. The number of nitriles is 1. The second-order valence-corrected chi connectivity index (χ2v) is 4.46. The predicted molar refractivity (Wildman–Crippen MR) is 70.9 cm³/mol. The molecule has 0 atom stereocenters. The molecule has 0 fully saturated rings. The lowest BCUT2D eigenvalue weighted by Crippen LogP contribution is -1.94. The van der Waals surface area contributed by atoms with E-state index in [1.165, 1.54) is 18.2 Å². The van der Waals surface area contributed by atoms with Gasteiger partial charge in [-0.05, 0) is 36.4 Å². The largest absolute Gasteiger partial charge is 0.354 e. The molecule has 2 aromatic rings. The van der Waals surface area contributed by atoms with E-state index in [-0.39, 0.29) is 5.02 Å². The molecule has 0 amide bonds. The highest BCUT2D eigenvalue weighted by Gasteiger charge is 2.05. The maximum Gasteiger partial charge on any atom is 0.126 e. The maximum absolute atomic E-state index is 13.2. The van der Waals surface area contributed by atoms with E-state index in [0.29, 0.717) is 22.0 Å². The summed E-state index contributed by atoms with van der Waals surface area (Å²) in [5.74, 6) is -0.447. The topological polar surface area (TPSA) is 35.8 Å². The van der Waals surface area contributed by atoms with E-state index in [1.807, 2.05) is 6.07 Å². The molecule has 90 valence electrons. The first-order valence-corrected chi connectivity index (χ1v) is 5.77. The Hall–Kier alpha value is -1.76. The molecule has 18 heavy (non-hydrogen) atoms. The van der Waals surface area contributed by atoms with Crippen LogP contribution in [-0.4, -0.2) is 0 Å². The zero-order chi connectivity index (χ0) is 13.1. The second-order valence-electron chi connectivity index (χ2n) is 3.58. The van der Waals surface area contributed by atoms with Crippen molar-refractivity contribution in [3.8, 4) is 6.07 Å². The molecule has 1 N–H and O–H groups in total. The summed E-state index contributed by atoms with van der Waals surface area (Å²) in [4.78, 5) is 0. The van der Waals surface area contributed by atoms with Crippen molar-refractivity contribution >= 4 is 34.6 Å². The van der Waals surface area contributed by atoms with Gasteiger partial charge < -0.3 is 5.32 Å². The van der Waals surface area contributed by atoms with Gasteiger partial charge in [0, 0.05) is 15.7 Å². The minimum absolute atomic E-state index is 0.282. The Labute approximate surface area is 114 Å². The summed E-state index contributed by atoms with van der Waals surface area (Å²) in [6, 6.07) is 10.9. The molecule has 5 heteroatoms. The summed E-state index contributed by atoms with van der Waals surface area (Å²) in [6.07, 6.45) is 0. The molecule has 0 aliphatic rings. The Kier molecular flexibility index (Phi) is 3.71. The minimum atomic E-state index is -0.447. The third-order valence-electron chi connectivity index (χ3n) is 2.24. The number of halogens is 3. The van der Waals surface area contributed by atoms with Gasteiger partial charge in [0.05, 0.1) is 11.3 Å². The molecule has 0 saturated heterocycles. The molecule has 0 bridgehead atoms. The molecule has 2 rings (SSSR count). The van der Waals surface area contributed by atoms with Gasteiger partial charge in [0.2, 0.25) is 0 Å². The van der Waals surface area contributed by atoms with Gasteiger partial charge in [0.1, 0.15) is 11.9 Å². The SMILES string of the molecule is N#Cc1cc(Cl)ccc1Nc1cc(F)cc(Cl)c1. The Bertz CT molecular complexity index is 615. The number of nitrogens with zero attached hydrogens (tertiary/aromatic N) is 1. The van der Waals surface area contributed by atoms with E-state index in [9.17, 15) is 4.39 Å². The normalized spacial score (nSPS) is 9.89. The van der Waals surface area contributed by atoms with Crippen molar-refractivity contribution in [2.45, 2.75) is 0 Å². The van der Waals surface area contributed by atoms with Crippen LogP contribution in [0.25, 0.3) is 0 Å². The van der Waals surface area contributed by atoms with E-state index < -0.39 is 5.82 Å². The van der Waals surface area contributed by atoms with Crippen molar-refractivity contribution < 1.29 is 4.39 Å². The molecule has 0 aromatic heterocycles. The average molecular weight is 281 g/mol. The number of nitrogens with one attached hydrogen (secondary N) is 1. The van der Waals surface area contributed by atoms with Crippen LogP contribution in [0, 0.1) is 17.1 Å². The van der Waals surface area contributed by atoms with Gasteiger partial charge in [-0.2, -0.15) is 5.26 Å². The Morgan fingerprint density at radius 3 is 2.50 bits per heavy atom. The van der Waals surface area contributed by atoms with Crippen LogP contribution in [0.3, 0.4) is 0 Å². The van der Waals surface area contributed by atoms with Crippen LogP contribution in [0.2, 0.25) is 10.0 Å². The van der Waals surface area contributed by atoms with E-state index in [1.54, 1.807) is 18.2 Å². The zero-order valence-electron chi connectivity index (χ0n) is 9.05. The molecule has 0 radical (unpaired) electrons. The van der Waals surface area contributed by atoms with E-state index in [0.717, 1.165) is 0 Å². The number of rotatable bonds is 2. The van der Waals surface area contributed by atoms with Crippen LogP contribution < -0.4 is 5.32 Å². The molecule has 2 aromatic carbocycles. The number of hydrogen-bond donors (Lipinski definition) is 1. The predicted octanol–water partition coefficient (Wildman–Crippen LogP) is 4.75. The lowest BCUT2D eigenvalue weighted by atomic mass is 10.2. The summed E-state index contributed by atoms with van der Waals surface area (Å²) in [7, 11) is 0. The molecule has 0 spiro atoms. The summed E-state index contributed by atoms with van der Waals surface area (Å²) in [5, 5.41) is 12.7. The number of hydrogen-bond acceptors (Lipinski definition) is 2. The number of benzene rings is 2. The van der Waals surface area contributed by atoms with Crippen molar-refractivity contribution in [3.63, 3.8) is 0 Å². The molecule has 2 nitrogen and oxygen atoms in total. The first-order valence-electron chi connectivity index (χ1n) is 5.01. The highest BCUT2D eigenvalue weighted by molar-refractivity contribution is 6.31. The Morgan fingerprint density at radius 2 is 1.83 bits per heavy atom. The van der Waals surface area contributed by atoms with Crippen molar-refractivity contribution in [1.29, 1.82) is 5.26 Å². The molecule has 0 heterocycles. The fourth-order valence-electron chi connectivity index (χ4n) is 1.50. The van der Waals surface area contributed by atoms with Crippen molar-refractivity contribution in [3.05, 3.63) is 57.8 Å². The minimum Gasteiger partial charge on any atom is -0.354 e. The van der Waals surface area contributed by atoms with Crippen molar-refractivity contribution in [2.24, 2.45) is 0 Å². The van der Waals surface area contributed by atoms with Crippen LogP contribution in [0.5, 0.6) is 0 Å². The van der Waals surface area contributed by atoms with Gasteiger partial charge in [-0.1, -0.05) is 23.2 Å². The zero-order valence-corrected chi connectivity index (χ0v) is 10.6. The number of anilines is 2. The summed E-state index contributed by atoms with van der Waals surface area (Å²) < 4.78 is 13.2. The molecule has 0 aliphatic heterocycles. The van der Waals surface area contributed by atoms with Crippen molar-refractivity contribution in [1.82, 2.24) is 0 Å². The quantitative estimate of drug-likeness (QED) is 0.862. The fraction of sp³-hybridized carbons (Fsp3) is 0. The van der Waals surface area contributed by atoms with Gasteiger partial charge >= 0.3 is 0 Å². The lowest BCUT2D eigenvalue weighted by molar-refractivity contribution is 0.628. The van der Waals surface area contributed by atoms with Crippen LogP contribution in [0.1, 0.15) is 5.56 Å². The second kappa shape index (κ2) is 5.26. The van der Waals surface area contributed by atoms with Crippen LogP contribution in [0.4, 0.5) is 15.8 Å². The summed E-state index contributed by atoms with van der Waals surface area (Å²) in [5.41, 5.74) is 1.39. The summed E-state index contributed by atoms with van der Waals surface area (Å²) in [6.45, 7) is 0. The van der Waals surface area contributed by atoms with Crippen LogP contribution >= 0.6 is 23.2 Å². The molecule has 0 aliphatic carbocycles. The van der Waals surface area contributed by atoms with Crippen molar-refractivity contribution in [2.75, 3.05) is 5.32 Å².